The summed E-state index contributed by atoms with van der Waals surface area (Å²) < 4.78 is 4.63. The Hall–Kier alpha value is -2.15. The third-order valence-electron chi connectivity index (χ3n) is 1.63. The van der Waals surface area contributed by atoms with Crippen molar-refractivity contribution in [3.8, 4) is 0 Å². The number of carboxylic acid groups (broad SMARTS) is 1. The van der Waals surface area contributed by atoms with Crippen LogP contribution in [0.15, 0.2) is 18.7 Å². The number of carbonyl (C=O) groups is 3. The zero-order chi connectivity index (χ0) is 12.8. The van der Waals surface area contributed by atoms with Crippen LogP contribution in [0.1, 0.15) is 19.3 Å². The Kier molecular flexibility index (Phi) is 4.41. The van der Waals surface area contributed by atoms with Gasteiger partial charge >= 0.3 is 12.1 Å². The van der Waals surface area contributed by atoms with Crippen LogP contribution in [-0.2, 0) is 4.74 Å². The quantitative estimate of drug-likeness (QED) is 0.620. The molecule has 1 amide bonds. The van der Waals surface area contributed by atoms with E-state index in [4.69, 9.17) is 5.11 Å². The molecule has 0 fully saturated rings. The molecule has 0 aliphatic carbocycles. The predicted octanol–water partition coefficient (Wildman–Crippen LogP) is 1.99. The summed E-state index contributed by atoms with van der Waals surface area (Å²) in [6.07, 6.45) is 1.09. The molecule has 1 aromatic heterocycles. The van der Waals surface area contributed by atoms with Gasteiger partial charge in [0.1, 0.15) is 11.5 Å². The first kappa shape index (κ1) is 12.9. The van der Waals surface area contributed by atoms with E-state index in [1.54, 1.807) is 0 Å². The molecule has 6 nitrogen and oxygen atoms in total. The minimum absolute atomic E-state index is 0.0128. The van der Waals surface area contributed by atoms with Crippen molar-refractivity contribution >= 4 is 35.4 Å². The normalized spacial score (nSPS) is 9.41. The second-order valence-electron chi connectivity index (χ2n) is 2.83. The molecule has 17 heavy (non-hydrogen) atoms. The van der Waals surface area contributed by atoms with Crippen molar-refractivity contribution < 1.29 is 24.2 Å². The fourth-order valence-corrected chi connectivity index (χ4v) is 1.77. The van der Waals surface area contributed by atoms with Crippen LogP contribution in [0.3, 0.4) is 0 Å². The smallest absolute Gasteiger partial charge is 0.411 e. The highest BCUT2D eigenvalue weighted by Gasteiger charge is 2.17. The molecule has 0 aromatic carbocycles. The summed E-state index contributed by atoms with van der Waals surface area (Å²) in [5, 5.41) is 11.1. The van der Waals surface area contributed by atoms with Gasteiger partial charge in [0, 0.05) is 0 Å². The van der Waals surface area contributed by atoms with Gasteiger partial charge in [-0.25, -0.2) is 9.59 Å². The first-order chi connectivity index (χ1) is 8.08. The summed E-state index contributed by atoms with van der Waals surface area (Å²) in [6.45, 7) is 3.37. The molecular formula is C10H9NO5S. The maximum absolute atomic E-state index is 11.2. The predicted molar refractivity (Wildman–Crippen MR) is 61.8 cm³/mol. The van der Waals surface area contributed by atoms with E-state index in [1.807, 2.05) is 0 Å². The third-order valence-corrected chi connectivity index (χ3v) is 2.68. The van der Waals surface area contributed by atoms with Gasteiger partial charge in [0.15, 0.2) is 6.29 Å². The Morgan fingerprint density at radius 3 is 2.82 bits per heavy atom. The SMILES string of the molecule is C=CCOC(=O)Nc1cc(C=O)sc1C(=O)O. The first-order valence-electron chi connectivity index (χ1n) is 4.45. The summed E-state index contributed by atoms with van der Waals surface area (Å²) in [7, 11) is 0. The Labute approximate surface area is 101 Å². The molecule has 0 spiro atoms. The highest BCUT2D eigenvalue weighted by Crippen LogP contribution is 2.26. The number of rotatable bonds is 5. The van der Waals surface area contributed by atoms with Crippen molar-refractivity contribution in [1.29, 1.82) is 0 Å². The molecule has 0 radical (unpaired) electrons. The molecule has 1 heterocycles. The van der Waals surface area contributed by atoms with Gasteiger partial charge in [-0.2, -0.15) is 0 Å². The molecule has 0 saturated carbocycles. The minimum Gasteiger partial charge on any atom is -0.477 e. The number of anilines is 1. The van der Waals surface area contributed by atoms with Crippen LogP contribution < -0.4 is 5.32 Å². The van der Waals surface area contributed by atoms with E-state index in [0.29, 0.717) is 6.29 Å². The number of hydrogen-bond acceptors (Lipinski definition) is 5. The number of thiophene rings is 1. The molecule has 0 unspecified atom stereocenters. The number of carbonyl (C=O) groups excluding carboxylic acids is 2. The maximum atomic E-state index is 11.2. The van der Waals surface area contributed by atoms with Crippen LogP contribution >= 0.6 is 11.3 Å². The summed E-state index contributed by atoms with van der Waals surface area (Å²) in [5.74, 6) is -1.22. The van der Waals surface area contributed by atoms with Crippen LogP contribution in [0.5, 0.6) is 0 Å². The molecule has 0 saturated heterocycles. The maximum Gasteiger partial charge on any atom is 0.411 e. The Morgan fingerprint density at radius 1 is 1.59 bits per heavy atom. The van der Waals surface area contributed by atoms with Crippen molar-refractivity contribution in [2.24, 2.45) is 0 Å². The summed E-state index contributed by atoms with van der Waals surface area (Å²) in [6, 6.07) is 1.27. The molecule has 0 aliphatic rings. The lowest BCUT2D eigenvalue weighted by atomic mass is 10.3. The third kappa shape index (κ3) is 3.42. The molecule has 0 bridgehead atoms. The standard InChI is InChI=1S/C10H9NO5S/c1-2-3-16-10(15)11-7-4-6(5-12)17-8(7)9(13)14/h2,4-5H,1,3H2,(H,11,15)(H,13,14). The molecule has 2 N–H and O–H groups in total. The zero-order valence-electron chi connectivity index (χ0n) is 8.63. The van der Waals surface area contributed by atoms with Gasteiger partial charge in [-0.05, 0) is 6.07 Å². The van der Waals surface area contributed by atoms with Crippen LogP contribution in [-0.4, -0.2) is 30.1 Å². The number of aldehydes is 1. The van der Waals surface area contributed by atoms with Crippen molar-refractivity contribution in [1.82, 2.24) is 0 Å². The molecule has 0 aliphatic heterocycles. The van der Waals surface area contributed by atoms with Crippen LogP contribution in [0.4, 0.5) is 10.5 Å². The number of nitrogens with one attached hydrogen (secondary N) is 1. The summed E-state index contributed by atoms with van der Waals surface area (Å²) in [4.78, 5) is 32.6. The van der Waals surface area contributed by atoms with Gasteiger partial charge in [-0.15, -0.1) is 11.3 Å². The van der Waals surface area contributed by atoms with Gasteiger partial charge in [-0.1, -0.05) is 12.7 Å². The van der Waals surface area contributed by atoms with Gasteiger partial charge in [0.25, 0.3) is 0 Å². The highest BCUT2D eigenvalue weighted by atomic mass is 32.1. The van der Waals surface area contributed by atoms with Crippen molar-refractivity contribution in [3.63, 3.8) is 0 Å². The fraction of sp³-hybridized carbons (Fsp3) is 0.100. The number of amides is 1. The number of hydrogen-bond donors (Lipinski definition) is 2. The summed E-state index contributed by atoms with van der Waals surface area (Å²) in [5.41, 5.74) is 0.0404. The van der Waals surface area contributed by atoms with Crippen molar-refractivity contribution in [2.45, 2.75) is 0 Å². The first-order valence-corrected chi connectivity index (χ1v) is 5.27. The largest absolute Gasteiger partial charge is 0.477 e. The monoisotopic (exact) mass is 255 g/mol. The van der Waals surface area contributed by atoms with Crippen molar-refractivity contribution in [3.05, 3.63) is 28.5 Å². The van der Waals surface area contributed by atoms with Crippen LogP contribution in [0.2, 0.25) is 0 Å². The van der Waals surface area contributed by atoms with E-state index in [0.717, 1.165) is 11.3 Å². The Bertz CT molecular complexity index is 465. The van der Waals surface area contributed by atoms with E-state index < -0.39 is 12.1 Å². The zero-order valence-corrected chi connectivity index (χ0v) is 9.45. The summed E-state index contributed by atoms with van der Waals surface area (Å²) >= 11 is 0.775. The molecule has 0 atom stereocenters. The number of aromatic carboxylic acids is 1. The average molecular weight is 255 g/mol. The molecule has 1 rings (SSSR count). The second-order valence-corrected chi connectivity index (χ2v) is 3.91. The van der Waals surface area contributed by atoms with Crippen LogP contribution in [0, 0.1) is 0 Å². The highest BCUT2D eigenvalue weighted by molar-refractivity contribution is 7.16. The van der Waals surface area contributed by atoms with E-state index in [1.165, 1.54) is 12.1 Å². The van der Waals surface area contributed by atoms with Gasteiger partial charge in [0.2, 0.25) is 0 Å². The van der Waals surface area contributed by atoms with E-state index in [9.17, 15) is 14.4 Å². The molecule has 1 aromatic rings. The average Bonchev–Trinajstić information content (AvgIpc) is 2.69. The minimum atomic E-state index is -1.22. The van der Waals surface area contributed by atoms with Gasteiger partial charge < -0.3 is 9.84 Å². The Balaban J connectivity index is 2.85. The molecule has 7 heteroatoms. The fourth-order valence-electron chi connectivity index (χ4n) is 1.00. The lowest BCUT2D eigenvalue weighted by Gasteiger charge is -2.03. The van der Waals surface area contributed by atoms with Gasteiger partial charge in [0.05, 0.1) is 10.6 Å². The topological polar surface area (TPSA) is 92.7 Å². The molecular weight excluding hydrogens is 246 g/mol. The van der Waals surface area contributed by atoms with Gasteiger partial charge in [-0.3, -0.25) is 10.1 Å². The van der Waals surface area contributed by atoms with E-state index >= 15 is 0 Å². The number of carboxylic acids is 1. The number of ether oxygens (including phenoxy) is 1. The van der Waals surface area contributed by atoms with Crippen molar-refractivity contribution in [2.75, 3.05) is 11.9 Å². The molecule has 90 valence electrons. The van der Waals surface area contributed by atoms with Crippen LogP contribution in [0.25, 0.3) is 0 Å². The lowest BCUT2D eigenvalue weighted by molar-refractivity contribution is 0.0703. The van der Waals surface area contributed by atoms with E-state index in [-0.39, 0.29) is 22.0 Å². The Morgan fingerprint density at radius 2 is 2.29 bits per heavy atom. The van der Waals surface area contributed by atoms with E-state index in [2.05, 4.69) is 16.6 Å². The lowest BCUT2D eigenvalue weighted by Crippen LogP contribution is -2.14. The second kappa shape index (κ2) is 5.80.